The van der Waals surface area contributed by atoms with Crippen molar-refractivity contribution in [2.45, 2.75) is 334 Å². The zero-order valence-corrected chi connectivity index (χ0v) is 41.6. The molecule has 3 atom stereocenters. The SMILES string of the molecule is CCCCCCCCCCCCCCCCCCCCCC(=O)OC(CCCCCCCCCCCCC)CC(=O)NC(CO)C(O)CCCCCCCCCCCCCC. The Labute approximate surface area is 381 Å². The third kappa shape index (κ3) is 45.2. The molecule has 3 unspecified atom stereocenters. The molecule has 1 amide bonds. The van der Waals surface area contributed by atoms with Gasteiger partial charge in [-0.15, -0.1) is 0 Å². The molecule has 0 aliphatic carbocycles. The lowest BCUT2D eigenvalue weighted by atomic mass is 10.0. The molecule has 0 bridgehead atoms. The Bertz CT molecular complexity index is 882. The molecule has 0 aliphatic rings. The summed E-state index contributed by atoms with van der Waals surface area (Å²) in [4.78, 5) is 26.2. The molecule has 0 saturated heterocycles. The number of aliphatic hydroxyl groups excluding tert-OH is 2. The molecule has 0 aromatic carbocycles. The fourth-order valence-electron chi connectivity index (χ4n) is 8.96. The predicted octanol–water partition coefficient (Wildman–Crippen LogP) is 16.7. The van der Waals surface area contributed by atoms with Gasteiger partial charge in [-0.1, -0.05) is 278 Å². The number of carbonyl (C=O) groups is 2. The molecule has 0 rings (SSSR count). The van der Waals surface area contributed by atoms with Crippen molar-refractivity contribution >= 4 is 11.9 Å². The Hall–Kier alpha value is -1.14. The van der Waals surface area contributed by atoms with E-state index in [1.807, 2.05) is 0 Å². The quantitative estimate of drug-likeness (QED) is 0.0418. The number of nitrogens with one attached hydrogen (secondary N) is 1. The largest absolute Gasteiger partial charge is 0.462 e. The van der Waals surface area contributed by atoms with Crippen molar-refractivity contribution in [3.05, 3.63) is 0 Å². The van der Waals surface area contributed by atoms with E-state index in [1.165, 1.54) is 231 Å². The van der Waals surface area contributed by atoms with Crippen LogP contribution in [0.5, 0.6) is 0 Å². The molecule has 61 heavy (non-hydrogen) atoms. The van der Waals surface area contributed by atoms with Gasteiger partial charge < -0.3 is 20.3 Å². The number of amides is 1. The maximum absolute atomic E-state index is 13.2. The minimum atomic E-state index is -0.779. The summed E-state index contributed by atoms with van der Waals surface area (Å²) in [5.74, 6) is -0.448. The summed E-state index contributed by atoms with van der Waals surface area (Å²) < 4.78 is 5.95. The first-order chi connectivity index (χ1) is 30.0. The Morgan fingerprint density at radius 2 is 0.689 bits per heavy atom. The summed E-state index contributed by atoms with van der Waals surface area (Å²) in [6.45, 7) is 6.52. The van der Waals surface area contributed by atoms with Gasteiger partial charge in [0.2, 0.25) is 5.91 Å². The number of ether oxygens (including phenoxy) is 1. The van der Waals surface area contributed by atoms with Gasteiger partial charge in [-0.3, -0.25) is 9.59 Å². The van der Waals surface area contributed by atoms with E-state index in [-0.39, 0.29) is 24.9 Å². The maximum atomic E-state index is 13.2. The molecule has 0 aromatic rings. The van der Waals surface area contributed by atoms with E-state index in [9.17, 15) is 19.8 Å². The van der Waals surface area contributed by atoms with Gasteiger partial charge in [0.25, 0.3) is 0 Å². The molecule has 364 valence electrons. The lowest BCUT2D eigenvalue weighted by Gasteiger charge is -2.24. The van der Waals surface area contributed by atoms with Crippen molar-refractivity contribution in [2.75, 3.05) is 6.61 Å². The number of hydrogen-bond acceptors (Lipinski definition) is 5. The number of esters is 1. The molecule has 0 heterocycles. The third-order valence-corrected chi connectivity index (χ3v) is 13.2. The van der Waals surface area contributed by atoms with Gasteiger partial charge in [0, 0.05) is 6.42 Å². The van der Waals surface area contributed by atoms with Crippen molar-refractivity contribution in [1.82, 2.24) is 5.32 Å². The van der Waals surface area contributed by atoms with Crippen molar-refractivity contribution < 1.29 is 24.5 Å². The van der Waals surface area contributed by atoms with Crippen LogP contribution < -0.4 is 5.32 Å². The second-order valence-electron chi connectivity index (χ2n) is 19.4. The highest BCUT2D eigenvalue weighted by molar-refractivity contribution is 5.77. The predicted molar refractivity (Wildman–Crippen MR) is 264 cm³/mol. The van der Waals surface area contributed by atoms with Gasteiger partial charge in [-0.2, -0.15) is 0 Å². The van der Waals surface area contributed by atoms with Gasteiger partial charge in [0.15, 0.2) is 0 Å². The smallest absolute Gasteiger partial charge is 0.306 e. The summed E-state index contributed by atoms with van der Waals surface area (Å²) in [7, 11) is 0. The summed E-state index contributed by atoms with van der Waals surface area (Å²) in [6.07, 6.45) is 54.6. The highest BCUT2D eigenvalue weighted by atomic mass is 16.5. The van der Waals surface area contributed by atoms with Crippen LogP contribution in [0.15, 0.2) is 0 Å². The molecule has 0 radical (unpaired) electrons. The van der Waals surface area contributed by atoms with Crippen LogP contribution in [0.4, 0.5) is 0 Å². The first kappa shape index (κ1) is 59.9. The van der Waals surface area contributed by atoms with Crippen LogP contribution in [-0.2, 0) is 14.3 Å². The second kappa shape index (κ2) is 49.9. The first-order valence-electron chi connectivity index (χ1n) is 27.8. The summed E-state index contributed by atoms with van der Waals surface area (Å²) in [5.41, 5.74) is 0. The van der Waals surface area contributed by atoms with Crippen LogP contribution in [0, 0.1) is 0 Å². The number of rotatable bonds is 51. The zero-order valence-electron chi connectivity index (χ0n) is 41.6. The molecule has 0 aromatic heterocycles. The van der Waals surface area contributed by atoms with E-state index in [1.54, 1.807) is 0 Å². The molecule has 0 fully saturated rings. The monoisotopic (exact) mass is 864 g/mol. The first-order valence-corrected chi connectivity index (χ1v) is 27.8. The fraction of sp³-hybridized carbons (Fsp3) is 0.964. The molecular weight excluding hydrogens is 755 g/mol. The zero-order chi connectivity index (χ0) is 44.5. The highest BCUT2D eigenvalue weighted by Gasteiger charge is 2.24. The van der Waals surface area contributed by atoms with Crippen LogP contribution in [0.3, 0.4) is 0 Å². The number of hydrogen-bond donors (Lipinski definition) is 3. The van der Waals surface area contributed by atoms with Crippen molar-refractivity contribution in [2.24, 2.45) is 0 Å². The van der Waals surface area contributed by atoms with Gasteiger partial charge in [0.05, 0.1) is 25.2 Å². The fourth-order valence-corrected chi connectivity index (χ4v) is 8.96. The van der Waals surface area contributed by atoms with Crippen molar-refractivity contribution in [3.63, 3.8) is 0 Å². The summed E-state index contributed by atoms with van der Waals surface area (Å²) in [6, 6.07) is -0.692. The summed E-state index contributed by atoms with van der Waals surface area (Å²) in [5, 5.41) is 23.8. The van der Waals surface area contributed by atoms with E-state index >= 15 is 0 Å². The normalized spacial score (nSPS) is 13.1. The summed E-state index contributed by atoms with van der Waals surface area (Å²) >= 11 is 0. The Balaban J connectivity index is 4.40. The minimum absolute atomic E-state index is 0.0878. The van der Waals surface area contributed by atoms with Crippen LogP contribution in [0.1, 0.15) is 316 Å². The number of unbranched alkanes of at least 4 members (excludes halogenated alkanes) is 39. The third-order valence-electron chi connectivity index (χ3n) is 13.2. The Kier molecular flexibility index (Phi) is 48.9. The van der Waals surface area contributed by atoms with Crippen LogP contribution in [0.2, 0.25) is 0 Å². The molecule has 0 saturated carbocycles. The van der Waals surface area contributed by atoms with Gasteiger partial charge in [-0.05, 0) is 25.7 Å². The van der Waals surface area contributed by atoms with Crippen LogP contribution in [0.25, 0.3) is 0 Å². The molecule has 0 spiro atoms. The average molecular weight is 864 g/mol. The maximum Gasteiger partial charge on any atom is 0.306 e. The average Bonchev–Trinajstić information content (AvgIpc) is 3.25. The van der Waals surface area contributed by atoms with Gasteiger partial charge in [-0.25, -0.2) is 0 Å². The standard InChI is InChI=1S/C55H109NO5/c1-4-7-10-13-16-19-22-24-25-26-27-28-29-30-33-36-39-42-45-48-55(60)61-51(46-43-40-37-34-31-21-18-15-12-9-6-3)49-54(59)56-52(50-57)53(58)47-44-41-38-35-32-23-20-17-14-11-8-5-2/h51-53,57-58H,4-50H2,1-3H3,(H,56,59). The molecular formula is C55H109NO5. The Morgan fingerprint density at radius 1 is 0.410 bits per heavy atom. The van der Waals surface area contributed by atoms with Crippen LogP contribution >= 0.6 is 0 Å². The molecule has 0 aliphatic heterocycles. The van der Waals surface area contributed by atoms with E-state index < -0.39 is 18.2 Å². The highest BCUT2D eigenvalue weighted by Crippen LogP contribution is 2.19. The lowest BCUT2D eigenvalue weighted by Crippen LogP contribution is -2.46. The second-order valence-corrected chi connectivity index (χ2v) is 19.4. The minimum Gasteiger partial charge on any atom is -0.462 e. The lowest BCUT2D eigenvalue weighted by molar-refractivity contribution is -0.151. The van der Waals surface area contributed by atoms with Gasteiger partial charge >= 0.3 is 5.97 Å². The number of aliphatic hydroxyl groups is 2. The molecule has 6 nitrogen and oxygen atoms in total. The van der Waals surface area contributed by atoms with Crippen molar-refractivity contribution in [3.8, 4) is 0 Å². The molecule has 3 N–H and O–H groups in total. The van der Waals surface area contributed by atoms with E-state index in [0.29, 0.717) is 19.3 Å². The Morgan fingerprint density at radius 3 is 1.00 bits per heavy atom. The number of carbonyl (C=O) groups excluding carboxylic acids is 2. The molecule has 6 heteroatoms. The topological polar surface area (TPSA) is 95.9 Å². The van der Waals surface area contributed by atoms with Gasteiger partial charge in [0.1, 0.15) is 6.10 Å². The van der Waals surface area contributed by atoms with Crippen LogP contribution in [-0.4, -0.2) is 46.9 Å². The van der Waals surface area contributed by atoms with Crippen molar-refractivity contribution in [1.29, 1.82) is 0 Å². The van der Waals surface area contributed by atoms with E-state index in [2.05, 4.69) is 26.1 Å². The van der Waals surface area contributed by atoms with E-state index in [4.69, 9.17) is 4.74 Å². The van der Waals surface area contributed by atoms with E-state index in [0.717, 1.165) is 38.5 Å².